The van der Waals surface area contributed by atoms with Crippen molar-refractivity contribution in [3.05, 3.63) is 163 Å². The van der Waals surface area contributed by atoms with Crippen molar-refractivity contribution >= 4 is 64.8 Å². The fraction of sp³-hybridized carbons (Fsp3) is 0.0870. The number of fused-ring (bicyclic) bond motifs is 10. The predicted molar refractivity (Wildman–Crippen MR) is 220 cm³/mol. The zero-order chi connectivity index (χ0) is 36.3. The molecular weight excluding hydrogens is 873 g/mol. The Morgan fingerprint density at radius 1 is 0.673 bits per heavy atom. The number of benzene rings is 6. The first-order valence-electron chi connectivity index (χ1n) is 18.4. The van der Waals surface area contributed by atoms with E-state index in [1.54, 1.807) is 0 Å². The van der Waals surface area contributed by atoms with Gasteiger partial charge in [-0.05, 0) is 60.4 Å². The molecule has 5 heterocycles. The Hall–Kier alpha value is -5.69. The van der Waals surface area contributed by atoms with Crippen molar-refractivity contribution < 1.29 is 30.4 Å². The number of hydrogen-bond donors (Lipinski definition) is 0. The van der Waals surface area contributed by atoms with Crippen LogP contribution in [0.1, 0.15) is 11.1 Å². The van der Waals surface area contributed by atoms with Crippen LogP contribution in [0.2, 0.25) is 13.1 Å². The number of aryl methyl sites for hydroxylation is 2. The molecule has 55 heavy (non-hydrogen) atoms. The van der Waals surface area contributed by atoms with Crippen molar-refractivity contribution in [1.29, 1.82) is 0 Å². The average molecular weight is 907 g/mol. The van der Waals surface area contributed by atoms with Crippen LogP contribution in [0.4, 0.5) is 22.9 Å². The Morgan fingerprint density at radius 3 is 2.22 bits per heavy atom. The molecule has 0 saturated carbocycles. The van der Waals surface area contributed by atoms with Gasteiger partial charge in [0.15, 0.2) is 0 Å². The molecule has 0 amide bonds. The van der Waals surface area contributed by atoms with Crippen LogP contribution in [0.3, 0.4) is 0 Å². The molecule has 3 aliphatic heterocycles. The zero-order valence-electron chi connectivity index (χ0n) is 30.7. The van der Waals surface area contributed by atoms with E-state index in [0.717, 1.165) is 39.6 Å². The summed E-state index contributed by atoms with van der Waals surface area (Å²) in [5, 5.41) is 2.70. The molecule has 6 aromatic carbocycles. The summed E-state index contributed by atoms with van der Waals surface area (Å²) in [7, 11) is -2.08. The zero-order valence-corrected chi connectivity index (χ0v) is 34.0. The van der Waals surface area contributed by atoms with Crippen LogP contribution in [-0.2, 0) is 21.1 Å². The van der Waals surface area contributed by atoms with Gasteiger partial charge in [0.05, 0.1) is 22.4 Å². The normalized spacial score (nSPS) is 14.1. The smallest absolute Gasteiger partial charge is 0.419 e. The maximum Gasteiger partial charge on any atom is 0.419 e. The third-order valence-electron chi connectivity index (χ3n) is 11.5. The fourth-order valence-corrected chi connectivity index (χ4v) is 11.9. The maximum atomic E-state index is 6.74. The molecule has 268 valence electrons. The van der Waals surface area contributed by atoms with Crippen molar-refractivity contribution in [3.63, 3.8) is 0 Å². The average Bonchev–Trinajstić information content (AvgIpc) is 3.75. The van der Waals surface area contributed by atoms with Crippen molar-refractivity contribution in [1.82, 2.24) is 9.55 Å². The number of para-hydroxylation sites is 3. The summed E-state index contributed by atoms with van der Waals surface area (Å²) < 4.78 is 11.1. The Bertz CT molecular complexity index is 2840. The first-order valence-corrected chi connectivity index (χ1v) is 21.4. The first kappa shape index (κ1) is 33.8. The minimum absolute atomic E-state index is 0. The Balaban J connectivity index is 0.00000372. The summed E-state index contributed by atoms with van der Waals surface area (Å²) in [5.74, 6) is 2.17. The second kappa shape index (κ2) is 12.4. The molecule has 0 bridgehead atoms. The molecule has 3 aliphatic rings. The van der Waals surface area contributed by atoms with E-state index in [1.165, 1.54) is 43.7 Å². The predicted octanol–water partition coefficient (Wildman–Crippen LogP) is 7.91. The van der Waals surface area contributed by atoms with Gasteiger partial charge in [-0.15, -0.1) is 35.0 Å². The Morgan fingerprint density at radius 2 is 1.40 bits per heavy atom. The van der Waals surface area contributed by atoms with Crippen LogP contribution < -0.4 is 34.8 Å². The minimum Gasteiger partial charge on any atom is -0.510 e. The van der Waals surface area contributed by atoms with Crippen molar-refractivity contribution in [3.8, 4) is 34.0 Å². The molecule has 8 aromatic rings. The summed E-state index contributed by atoms with van der Waals surface area (Å²) in [6, 6.07) is 52.5. The van der Waals surface area contributed by atoms with Gasteiger partial charge in [0.2, 0.25) is 0 Å². The van der Waals surface area contributed by atoms with E-state index >= 15 is 0 Å². The van der Waals surface area contributed by atoms with E-state index in [0.29, 0.717) is 11.5 Å². The van der Waals surface area contributed by atoms with Gasteiger partial charge < -0.3 is 18.9 Å². The van der Waals surface area contributed by atoms with Crippen LogP contribution in [-0.4, -0.2) is 24.6 Å². The topological polar surface area (TPSA) is 37.4 Å². The summed E-state index contributed by atoms with van der Waals surface area (Å²) in [4.78, 5) is 9.79. The van der Waals surface area contributed by atoms with E-state index < -0.39 is 8.07 Å². The van der Waals surface area contributed by atoms with E-state index in [9.17, 15) is 0 Å². The van der Waals surface area contributed by atoms with Crippen molar-refractivity contribution in [2.75, 3.05) is 9.62 Å². The number of ether oxygens (including phenoxy) is 1. The monoisotopic (exact) mass is 906 g/mol. The van der Waals surface area contributed by atoms with E-state index in [2.05, 4.69) is 173 Å². The number of hydrogen-bond acceptors (Lipinski definition) is 4. The maximum absolute atomic E-state index is 6.74. The SMILES string of the molecule is Cc1cccc(C)c1N1B2c3ccccc3-c3ccc(Oc4[c-]c5c(cc4)[Si](C)(C)c4cccc6c4n-5[c-][n+]6-c4ccccc4)[c-]c3N2c2ncccc21.[Pt]. The van der Waals surface area contributed by atoms with Gasteiger partial charge in [0, 0.05) is 52.5 Å². The van der Waals surface area contributed by atoms with Crippen LogP contribution in [0, 0.1) is 32.3 Å². The van der Waals surface area contributed by atoms with Crippen molar-refractivity contribution in [2.45, 2.75) is 26.9 Å². The molecule has 6 nitrogen and oxygen atoms in total. The van der Waals surface area contributed by atoms with Gasteiger partial charge in [-0.3, -0.25) is 4.57 Å². The Labute approximate surface area is 336 Å². The molecule has 9 heteroatoms. The molecule has 0 fully saturated rings. The molecule has 0 saturated heterocycles. The van der Waals surface area contributed by atoms with Crippen molar-refractivity contribution in [2.24, 2.45) is 0 Å². The number of nitrogens with zero attached hydrogens (tertiary/aromatic N) is 5. The third kappa shape index (κ3) is 4.84. The Kier molecular flexibility index (Phi) is 7.64. The summed E-state index contributed by atoms with van der Waals surface area (Å²) in [6.45, 7) is 9.09. The molecule has 11 rings (SSSR count). The standard InChI is InChI=1S/C46H34BN5OSi.Pt/c1-30-13-10-14-31(2)44(30)51-39-20-12-26-48-46(39)52-40-27-33(22-24-36(40)35-17-8-9-18-37(35)47(51)52)53-34-23-25-42-41(28-34)50-29-49(32-15-6-5-7-16-32)38-19-11-21-43(45(38)50)54(42,3)4;/h5-26H,1-4H3;/q-2;. The van der Waals surface area contributed by atoms with Crippen LogP contribution in [0.5, 0.6) is 11.5 Å². The van der Waals surface area contributed by atoms with E-state index in [1.807, 2.05) is 24.4 Å². The van der Waals surface area contributed by atoms with Gasteiger partial charge >= 0.3 is 6.98 Å². The van der Waals surface area contributed by atoms with E-state index in [4.69, 9.17) is 9.72 Å². The molecule has 0 aliphatic carbocycles. The molecular formula is C46H34BN5OPtSi-2. The second-order valence-electron chi connectivity index (χ2n) is 15.0. The molecule has 0 atom stereocenters. The first-order chi connectivity index (χ1) is 26.4. The number of aromatic nitrogens is 3. The fourth-order valence-electron chi connectivity index (χ4n) is 9.02. The number of imidazole rings is 1. The van der Waals surface area contributed by atoms with Crippen LogP contribution in [0.15, 0.2) is 134 Å². The van der Waals surface area contributed by atoms with Gasteiger partial charge in [0.1, 0.15) is 5.82 Å². The van der Waals surface area contributed by atoms with Gasteiger partial charge in [-0.2, -0.15) is 12.1 Å². The van der Waals surface area contributed by atoms with E-state index in [-0.39, 0.29) is 28.0 Å². The largest absolute Gasteiger partial charge is 0.510 e. The summed E-state index contributed by atoms with van der Waals surface area (Å²) in [6.07, 6.45) is 5.57. The molecule has 0 spiro atoms. The molecule has 0 unspecified atom stereocenters. The number of pyridine rings is 1. The molecule has 0 N–H and O–H groups in total. The summed E-state index contributed by atoms with van der Waals surface area (Å²) >= 11 is 0. The second-order valence-corrected chi connectivity index (χ2v) is 19.3. The number of rotatable bonds is 4. The van der Waals surface area contributed by atoms with Crippen LogP contribution in [0.25, 0.3) is 33.5 Å². The van der Waals surface area contributed by atoms with Gasteiger partial charge in [-0.1, -0.05) is 108 Å². The number of anilines is 4. The third-order valence-corrected chi connectivity index (χ3v) is 15.0. The summed E-state index contributed by atoms with van der Waals surface area (Å²) in [5.41, 5.74) is 13.6. The van der Waals surface area contributed by atoms with Gasteiger partial charge in [0.25, 0.3) is 6.33 Å². The quantitative estimate of drug-likeness (QED) is 0.102. The minimum atomic E-state index is -2.08. The molecule has 0 radical (unpaired) electrons. The van der Waals surface area contributed by atoms with Crippen LogP contribution >= 0.6 is 0 Å². The molecule has 2 aromatic heterocycles. The van der Waals surface area contributed by atoms with Gasteiger partial charge in [-0.25, -0.2) is 4.98 Å².